The molecule has 2 atom stereocenters. The fourth-order valence-corrected chi connectivity index (χ4v) is 8.51. The number of carbonyl (C=O) groups excluding carboxylic acids is 1. The SMILES string of the molecule is CCC/C=C/c1ccc(-c2c(Br)c(C(=O)NN3CC4CCCC4C3)nn2-c2ccc(Cl)cc2Cl)[se]1. The Morgan fingerprint density at radius 2 is 2.00 bits per heavy atom. The molecule has 3 heterocycles. The van der Waals surface area contributed by atoms with E-state index in [1.54, 1.807) is 16.8 Å². The Morgan fingerprint density at radius 3 is 2.71 bits per heavy atom. The number of rotatable bonds is 7. The topological polar surface area (TPSA) is 50.2 Å². The van der Waals surface area contributed by atoms with E-state index in [2.05, 4.69) is 57.6 Å². The van der Waals surface area contributed by atoms with Crippen LogP contribution in [0.4, 0.5) is 0 Å². The number of aromatic nitrogens is 2. The number of unbranched alkanes of at least 4 members (excludes halogenated alkanes) is 1. The minimum atomic E-state index is -0.205. The Kier molecular flexibility index (Phi) is 7.92. The van der Waals surface area contributed by atoms with Gasteiger partial charge >= 0.3 is 231 Å². The molecule has 1 N–H and O–H groups in total. The minimum absolute atomic E-state index is 0.0869. The maximum atomic E-state index is 13.4. The molecule has 1 aliphatic carbocycles. The van der Waals surface area contributed by atoms with Crippen molar-refractivity contribution in [3.63, 3.8) is 0 Å². The molecule has 184 valence electrons. The van der Waals surface area contributed by atoms with Crippen LogP contribution < -0.4 is 5.43 Å². The molecule has 5 nitrogen and oxygen atoms in total. The second-order valence-electron chi connectivity index (χ2n) is 9.21. The number of nitrogens with zero attached hydrogens (tertiary/aromatic N) is 3. The van der Waals surface area contributed by atoms with Gasteiger partial charge in [0.1, 0.15) is 0 Å². The second-order valence-corrected chi connectivity index (χ2v) is 13.2. The average molecular weight is 641 g/mol. The monoisotopic (exact) mass is 640 g/mol. The van der Waals surface area contributed by atoms with Crippen LogP contribution in [0.2, 0.25) is 10.0 Å². The molecule has 1 saturated heterocycles. The van der Waals surface area contributed by atoms with Crippen LogP contribution in [-0.2, 0) is 0 Å². The van der Waals surface area contributed by atoms with Gasteiger partial charge in [0.2, 0.25) is 0 Å². The number of fused-ring (bicyclic) bond motifs is 1. The summed E-state index contributed by atoms with van der Waals surface area (Å²) in [6.45, 7) is 4.00. The normalized spacial score (nSPS) is 20.1. The fraction of sp³-hybridized carbons (Fsp3) is 0.385. The van der Waals surface area contributed by atoms with Gasteiger partial charge in [-0.15, -0.1) is 0 Å². The number of carbonyl (C=O) groups is 1. The summed E-state index contributed by atoms with van der Waals surface area (Å²) in [4.78, 5) is 13.4. The van der Waals surface area contributed by atoms with Crippen molar-refractivity contribution >= 4 is 65.6 Å². The van der Waals surface area contributed by atoms with Crippen LogP contribution >= 0.6 is 39.1 Å². The molecule has 1 aliphatic heterocycles. The molecule has 0 spiro atoms. The van der Waals surface area contributed by atoms with Crippen LogP contribution in [0.5, 0.6) is 0 Å². The van der Waals surface area contributed by atoms with Crippen LogP contribution in [0.25, 0.3) is 21.9 Å². The van der Waals surface area contributed by atoms with Gasteiger partial charge in [0.15, 0.2) is 0 Å². The summed E-state index contributed by atoms with van der Waals surface area (Å²) in [5.41, 5.74) is 5.01. The maximum absolute atomic E-state index is 13.4. The molecule has 0 bridgehead atoms. The second kappa shape index (κ2) is 11.0. The fourth-order valence-electron chi connectivity index (χ4n) is 5.04. The first-order chi connectivity index (χ1) is 16.9. The number of hydrazine groups is 1. The van der Waals surface area contributed by atoms with E-state index in [9.17, 15) is 4.79 Å². The molecular weight excluding hydrogens is 614 g/mol. The quantitative estimate of drug-likeness (QED) is 0.287. The van der Waals surface area contributed by atoms with Gasteiger partial charge in [-0.3, -0.25) is 0 Å². The van der Waals surface area contributed by atoms with E-state index in [0.29, 0.717) is 37.7 Å². The predicted molar refractivity (Wildman–Crippen MR) is 147 cm³/mol. The molecular formula is C26H27BrCl2N4OSe. The summed E-state index contributed by atoms with van der Waals surface area (Å²) in [6.07, 6.45) is 10.4. The number of hydrogen-bond acceptors (Lipinski definition) is 3. The Balaban J connectivity index is 1.50. The van der Waals surface area contributed by atoms with Gasteiger partial charge in [-0.25, -0.2) is 0 Å². The van der Waals surface area contributed by atoms with E-state index in [1.165, 1.54) is 23.7 Å². The molecule has 2 aliphatic rings. The number of halogens is 3. The summed E-state index contributed by atoms with van der Waals surface area (Å²) in [5, 5.41) is 7.86. The van der Waals surface area contributed by atoms with Crippen molar-refractivity contribution in [2.75, 3.05) is 13.1 Å². The van der Waals surface area contributed by atoms with Gasteiger partial charge in [0.05, 0.1) is 0 Å². The third kappa shape index (κ3) is 5.36. The summed E-state index contributed by atoms with van der Waals surface area (Å²) in [7, 11) is 0. The Bertz CT molecular complexity index is 1260. The molecule has 0 radical (unpaired) electrons. The molecule has 2 fully saturated rings. The van der Waals surface area contributed by atoms with Gasteiger partial charge in [0, 0.05) is 0 Å². The molecule has 2 unspecified atom stereocenters. The number of allylic oxidation sites excluding steroid dienone is 1. The first kappa shape index (κ1) is 25.3. The van der Waals surface area contributed by atoms with Gasteiger partial charge < -0.3 is 0 Å². The van der Waals surface area contributed by atoms with Crippen molar-refractivity contribution in [2.45, 2.75) is 39.0 Å². The standard InChI is InChI=1S/C26H27BrCl2N4OSe/c1-2-3-4-8-19-10-12-22(35-19)25-23(27)24(30-33(25)21-11-9-18(28)13-20(21)29)26(34)31-32-14-16-6-5-7-17(16)15-32/h4,8-13,16-17H,2-3,5-7,14-15H2,1H3,(H,31,34)/b8-4+. The molecule has 35 heavy (non-hydrogen) atoms. The van der Waals surface area contributed by atoms with Gasteiger partial charge in [-0.1, -0.05) is 0 Å². The first-order valence-electron chi connectivity index (χ1n) is 12.0. The predicted octanol–water partition coefficient (Wildman–Crippen LogP) is 6.86. The molecule has 2 aromatic heterocycles. The van der Waals surface area contributed by atoms with Crippen molar-refractivity contribution in [1.82, 2.24) is 20.2 Å². The third-order valence-electron chi connectivity index (χ3n) is 6.76. The van der Waals surface area contributed by atoms with Gasteiger partial charge in [-0.05, 0) is 0 Å². The zero-order chi connectivity index (χ0) is 24.5. The van der Waals surface area contributed by atoms with E-state index < -0.39 is 0 Å². The Labute approximate surface area is 230 Å². The zero-order valence-corrected chi connectivity index (χ0v) is 24.2. The van der Waals surface area contributed by atoms with Crippen LogP contribution in [0.1, 0.15) is 54.0 Å². The number of benzene rings is 1. The van der Waals surface area contributed by atoms with E-state index in [4.69, 9.17) is 28.3 Å². The van der Waals surface area contributed by atoms with Gasteiger partial charge in [0.25, 0.3) is 0 Å². The summed E-state index contributed by atoms with van der Waals surface area (Å²) >= 11 is 16.6. The molecule has 1 amide bonds. The summed E-state index contributed by atoms with van der Waals surface area (Å²) in [6, 6.07) is 9.60. The van der Waals surface area contributed by atoms with Gasteiger partial charge in [-0.2, -0.15) is 0 Å². The van der Waals surface area contributed by atoms with Crippen LogP contribution in [-0.4, -0.2) is 48.3 Å². The van der Waals surface area contributed by atoms with E-state index in [-0.39, 0.29) is 20.4 Å². The zero-order valence-electron chi connectivity index (χ0n) is 19.4. The number of hydrogen-bond donors (Lipinski definition) is 1. The van der Waals surface area contributed by atoms with Crippen LogP contribution in [0, 0.1) is 11.8 Å². The number of amides is 1. The first-order valence-corrected chi connectivity index (χ1v) is 15.3. The van der Waals surface area contributed by atoms with Crippen molar-refractivity contribution < 1.29 is 4.79 Å². The third-order valence-corrected chi connectivity index (χ3v) is 10.3. The molecule has 1 aromatic carbocycles. The van der Waals surface area contributed by atoms with Crippen molar-refractivity contribution in [1.29, 1.82) is 0 Å². The molecule has 1 saturated carbocycles. The van der Waals surface area contributed by atoms with Crippen molar-refractivity contribution in [2.24, 2.45) is 11.8 Å². The van der Waals surface area contributed by atoms with Crippen molar-refractivity contribution in [3.8, 4) is 15.8 Å². The summed E-state index contributed by atoms with van der Waals surface area (Å²) in [5.74, 6) is 1.18. The Morgan fingerprint density at radius 1 is 1.23 bits per heavy atom. The van der Waals surface area contributed by atoms with Crippen molar-refractivity contribution in [3.05, 3.63) is 61.1 Å². The summed E-state index contributed by atoms with van der Waals surface area (Å²) < 4.78 is 4.88. The molecule has 5 rings (SSSR count). The van der Waals surface area contributed by atoms with E-state index >= 15 is 0 Å². The van der Waals surface area contributed by atoms with Crippen LogP contribution in [0.3, 0.4) is 0 Å². The molecule has 9 heteroatoms. The average Bonchev–Trinajstić information content (AvgIpc) is 3.58. The van der Waals surface area contributed by atoms with E-state index in [0.717, 1.165) is 36.1 Å². The number of nitrogens with one attached hydrogen (secondary N) is 1. The van der Waals surface area contributed by atoms with Crippen LogP contribution in [0.15, 0.2) is 40.9 Å². The van der Waals surface area contributed by atoms with E-state index in [1.807, 2.05) is 6.07 Å². The molecule has 3 aromatic rings. The Hall–Kier alpha value is -1.34.